The fourth-order valence-corrected chi connectivity index (χ4v) is 4.90. The van der Waals surface area contributed by atoms with Crippen molar-refractivity contribution in [3.8, 4) is 11.5 Å². The topological polar surface area (TPSA) is 128 Å². The number of alkyl halides is 2. The Kier molecular flexibility index (Phi) is 9.41. The van der Waals surface area contributed by atoms with E-state index in [1.165, 1.54) is 25.3 Å². The molecule has 3 aromatic rings. The molecule has 0 unspecified atom stereocenters. The minimum absolute atomic E-state index is 0.00405. The Morgan fingerprint density at radius 3 is 2.38 bits per heavy atom. The number of carbonyl (C=O) groups excluding carboxylic acids is 3. The zero-order chi connectivity index (χ0) is 30.4. The minimum Gasteiger partial charge on any atom is -0.508 e. The van der Waals surface area contributed by atoms with Gasteiger partial charge in [-0.05, 0) is 48.7 Å². The number of phenols is 1. The number of likely N-dealkylation sites (tertiary alicyclic amines) is 1. The van der Waals surface area contributed by atoms with Gasteiger partial charge in [0.05, 0.1) is 19.7 Å². The molecule has 11 heteroatoms. The molecule has 1 heterocycles. The van der Waals surface area contributed by atoms with Crippen LogP contribution in [0, 0.1) is 6.92 Å². The highest BCUT2D eigenvalue weighted by Gasteiger charge is 2.51. The number of aliphatic hydroxyl groups is 1. The molecule has 1 saturated heterocycles. The van der Waals surface area contributed by atoms with Gasteiger partial charge in [-0.2, -0.15) is 0 Å². The summed E-state index contributed by atoms with van der Waals surface area (Å²) in [7, 11) is 1.51. The summed E-state index contributed by atoms with van der Waals surface area (Å²) in [6.45, 7) is 0.520. The van der Waals surface area contributed by atoms with Crippen LogP contribution >= 0.6 is 0 Å². The highest BCUT2D eigenvalue weighted by molar-refractivity contribution is 5.97. The van der Waals surface area contributed by atoms with Crippen molar-refractivity contribution in [3.05, 3.63) is 95.1 Å². The number of amides is 3. The highest BCUT2D eigenvalue weighted by atomic mass is 19.3. The summed E-state index contributed by atoms with van der Waals surface area (Å²) >= 11 is 0. The molecule has 0 radical (unpaired) electrons. The molecule has 1 aliphatic rings. The molecule has 9 nitrogen and oxygen atoms in total. The van der Waals surface area contributed by atoms with Crippen molar-refractivity contribution >= 4 is 17.7 Å². The average molecular weight is 582 g/mol. The van der Waals surface area contributed by atoms with E-state index in [2.05, 4.69) is 10.6 Å². The van der Waals surface area contributed by atoms with Crippen molar-refractivity contribution in [1.82, 2.24) is 15.5 Å². The van der Waals surface area contributed by atoms with Crippen molar-refractivity contribution in [3.63, 3.8) is 0 Å². The maximum atomic E-state index is 14.6. The number of halogens is 2. The minimum atomic E-state index is -3.35. The Bertz CT molecular complexity index is 1420. The van der Waals surface area contributed by atoms with Gasteiger partial charge in [0.2, 0.25) is 5.91 Å². The fourth-order valence-electron chi connectivity index (χ4n) is 4.90. The molecule has 4 N–H and O–H groups in total. The van der Waals surface area contributed by atoms with Crippen LogP contribution in [-0.4, -0.2) is 70.6 Å². The second-order valence-corrected chi connectivity index (χ2v) is 10.3. The van der Waals surface area contributed by atoms with Crippen LogP contribution in [0.5, 0.6) is 11.5 Å². The Morgan fingerprint density at radius 2 is 1.71 bits per heavy atom. The number of methoxy groups -OCH3 is 1. The molecule has 0 aliphatic carbocycles. The fraction of sp³-hybridized carbons (Fsp3) is 0.323. The number of phenolic OH excluding ortho intramolecular Hbond substituents is 1. The Labute approximate surface area is 242 Å². The van der Waals surface area contributed by atoms with E-state index < -0.39 is 54.8 Å². The first-order chi connectivity index (χ1) is 20.0. The maximum absolute atomic E-state index is 14.6. The summed E-state index contributed by atoms with van der Waals surface area (Å²) in [6.07, 6.45) is -2.86. The van der Waals surface area contributed by atoms with Gasteiger partial charge in [-0.1, -0.05) is 48.5 Å². The van der Waals surface area contributed by atoms with Gasteiger partial charge in [0.1, 0.15) is 17.5 Å². The van der Waals surface area contributed by atoms with E-state index in [1.807, 2.05) is 0 Å². The number of rotatable bonds is 10. The smallest absolute Gasteiger partial charge is 0.267 e. The number of hydrogen-bond donors (Lipinski definition) is 4. The van der Waals surface area contributed by atoms with Crippen molar-refractivity contribution in [2.24, 2.45) is 0 Å². The van der Waals surface area contributed by atoms with Crippen molar-refractivity contribution in [2.45, 2.75) is 50.4 Å². The van der Waals surface area contributed by atoms with Gasteiger partial charge in [-0.15, -0.1) is 0 Å². The van der Waals surface area contributed by atoms with Crippen LogP contribution in [0.25, 0.3) is 0 Å². The van der Waals surface area contributed by atoms with E-state index in [1.54, 1.807) is 61.5 Å². The molecule has 3 aromatic carbocycles. The second-order valence-electron chi connectivity index (χ2n) is 10.3. The van der Waals surface area contributed by atoms with Gasteiger partial charge < -0.3 is 30.5 Å². The van der Waals surface area contributed by atoms with Gasteiger partial charge in [0.15, 0.2) is 6.10 Å². The number of aromatic hydroxyl groups is 1. The standard InChI is InChI=1S/C31H33F2N3O6/c1-19-23(9-6-10-26(19)37)28(39)35-24(15-20-7-4-3-5-8-20)27(38)30(41)36-18-31(32,33)16-25(36)29(40)34-17-21-11-13-22(42-2)14-12-21/h3-14,24-25,27,37-38H,15-18H2,1-2H3,(H,34,40)(H,35,39)/t24-,25-,27-/m0/s1. The van der Waals surface area contributed by atoms with Gasteiger partial charge in [0.25, 0.3) is 17.7 Å². The Balaban J connectivity index is 1.53. The molecule has 1 fully saturated rings. The molecule has 4 rings (SSSR count). The van der Waals surface area contributed by atoms with Crippen molar-refractivity contribution in [2.75, 3.05) is 13.7 Å². The van der Waals surface area contributed by atoms with Crippen LogP contribution in [0.1, 0.15) is 33.5 Å². The zero-order valence-corrected chi connectivity index (χ0v) is 23.2. The highest BCUT2D eigenvalue weighted by Crippen LogP contribution is 2.33. The number of nitrogens with one attached hydrogen (secondary N) is 2. The number of benzene rings is 3. The molecule has 1 aliphatic heterocycles. The SMILES string of the molecule is COc1ccc(CNC(=O)[C@@H]2CC(F)(F)CN2C(=O)[C@@H](O)[C@H](Cc2ccccc2)NC(=O)c2cccc(O)c2C)cc1. The van der Waals surface area contributed by atoms with Crippen molar-refractivity contribution < 1.29 is 38.1 Å². The second kappa shape index (κ2) is 13.0. The van der Waals surface area contributed by atoms with Gasteiger partial charge in [-0.25, -0.2) is 8.78 Å². The van der Waals surface area contributed by atoms with Gasteiger partial charge in [-0.3, -0.25) is 14.4 Å². The summed E-state index contributed by atoms with van der Waals surface area (Å²) in [5.41, 5.74) is 1.78. The quantitative estimate of drug-likeness (QED) is 0.292. The first kappa shape index (κ1) is 30.4. The van der Waals surface area contributed by atoms with Crippen LogP contribution in [-0.2, 0) is 22.6 Å². The molecule has 0 aromatic heterocycles. The monoisotopic (exact) mass is 581 g/mol. The third-order valence-corrected chi connectivity index (χ3v) is 7.28. The molecule has 0 spiro atoms. The van der Waals surface area contributed by atoms with Crippen LogP contribution < -0.4 is 15.4 Å². The maximum Gasteiger partial charge on any atom is 0.267 e. The van der Waals surface area contributed by atoms with Crippen LogP contribution in [0.2, 0.25) is 0 Å². The third kappa shape index (κ3) is 7.22. The molecule has 3 amide bonds. The van der Waals surface area contributed by atoms with Crippen LogP contribution in [0.15, 0.2) is 72.8 Å². The lowest BCUT2D eigenvalue weighted by Crippen LogP contribution is -2.55. The Hall–Kier alpha value is -4.51. The lowest BCUT2D eigenvalue weighted by atomic mass is 9.98. The normalized spacial score (nSPS) is 17.3. The summed E-state index contributed by atoms with van der Waals surface area (Å²) in [5.74, 6) is -5.41. The van der Waals surface area contributed by atoms with E-state index >= 15 is 0 Å². The number of nitrogens with zero attached hydrogens (tertiary/aromatic N) is 1. The predicted octanol–water partition coefficient (Wildman–Crippen LogP) is 2.96. The van der Waals surface area contributed by atoms with Crippen LogP contribution in [0.3, 0.4) is 0 Å². The number of hydrogen-bond acceptors (Lipinski definition) is 6. The molecule has 42 heavy (non-hydrogen) atoms. The average Bonchev–Trinajstić information content (AvgIpc) is 3.32. The number of ether oxygens (including phenoxy) is 1. The van der Waals surface area contributed by atoms with Crippen molar-refractivity contribution in [1.29, 1.82) is 0 Å². The largest absolute Gasteiger partial charge is 0.508 e. The first-order valence-corrected chi connectivity index (χ1v) is 13.4. The summed E-state index contributed by atoms with van der Waals surface area (Å²) in [5, 5.41) is 26.4. The van der Waals surface area contributed by atoms with E-state index in [0.717, 1.165) is 0 Å². The number of carbonyl (C=O) groups is 3. The first-order valence-electron chi connectivity index (χ1n) is 13.4. The summed E-state index contributed by atoms with van der Waals surface area (Å²) in [4.78, 5) is 40.4. The molecule has 222 valence electrons. The molecule has 0 saturated carbocycles. The Morgan fingerprint density at radius 1 is 1.02 bits per heavy atom. The molecular weight excluding hydrogens is 548 g/mol. The van der Waals surface area contributed by atoms with E-state index in [9.17, 15) is 33.4 Å². The van der Waals surface area contributed by atoms with Gasteiger partial charge in [0, 0.05) is 24.1 Å². The van der Waals surface area contributed by atoms with E-state index in [0.29, 0.717) is 27.3 Å². The van der Waals surface area contributed by atoms with Crippen LogP contribution in [0.4, 0.5) is 8.78 Å². The van der Waals surface area contributed by atoms with E-state index in [4.69, 9.17) is 4.74 Å². The summed E-state index contributed by atoms with van der Waals surface area (Å²) in [6, 6.07) is 17.1. The molecule has 3 atom stereocenters. The summed E-state index contributed by atoms with van der Waals surface area (Å²) < 4.78 is 34.3. The molecule has 0 bridgehead atoms. The molecular formula is C31H33F2N3O6. The lowest BCUT2D eigenvalue weighted by Gasteiger charge is -2.30. The zero-order valence-electron chi connectivity index (χ0n) is 23.2. The third-order valence-electron chi connectivity index (χ3n) is 7.28. The predicted molar refractivity (Wildman–Crippen MR) is 150 cm³/mol. The van der Waals surface area contributed by atoms with Gasteiger partial charge >= 0.3 is 0 Å². The number of aliphatic hydroxyl groups excluding tert-OH is 1. The van der Waals surface area contributed by atoms with E-state index in [-0.39, 0.29) is 24.3 Å². The lowest BCUT2D eigenvalue weighted by molar-refractivity contribution is -0.147.